The molecule has 128 valence electrons. The van der Waals surface area contributed by atoms with Gasteiger partial charge in [-0.25, -0.2) is 4.68 Å². The van der Waals surface area contributed by atoms with Gasteiger partial charge in [-0.1, -0.05) is 29.8 Å². The monoisotopic (exact) mass is 355 g/mol. The van der Waals surface area contributed by atoms with Crippen LogP contribution in [0.15, 0.2) is 60.8 Å². The Morgan fingerprint density at radius 2 is 1.92 bits per heavy atom. The Morgan fingerprint density at radius 1 is 1.16 bits per heavy atom. The van der Waals surface area contributed by atoms with Crippen LogP contribution >= 0.6 is 11.6 Å². The fourth-order valence-corrected chi connectivity index (χ4v) is 2.51. The van der Waals surface area contributed by atoms with Crippen molar-refractivity contribution in [1.29, 1.82) is 0 Å². The van der Waals surface area contributed by atoms with Crippen LogP contribution in [0.1, 0.15) is 24.2 Å². The van der Waals surface area contributed by atoms with Crippen LogP contribution < -0.4 is 10.1 Å². The molecule has 1 heterocycles. The Hall–Kier alpha value is -2.79. The average Bonchev–Trinajstić information content (AvgIpc) is 3.05. The van der Waals surface area contributed by atoms with Crippen LogP contribution in [-0.2, 0) is 0 Å². The molecule has 25 heavy (non-hydrogen) atoms. The van der Waals surface area contributed by atoms with Gasteiger partial charge >= 0.3 is 0 Å². The van der Waals surface area contributed by atoms with E-state index in [0.29, 0.717) is 22.2 Å². The first-order chi connectivity index (χ1) is 12.0. The molecule has 0 radical (unpaired) electrons. The highest BCUT2D eigenvalue weighted by molar-refractivity contribution is 6.31. The standard InChI is InChI=1S/C19H18ClN3O2/c1-13(2)25-17-9-8-14(20)12-16(17)19(24)21-18-10-11-23(22-18)15-6-4-3-5-7-15/h3-13H,1-2H3,(H,21,22,24). The summed E-state index contributed by atoms with van der Waals surface area (Å²) in [4.78, 5) is 12.6. The van der Waals surface area contributed by atoms with Crippen LogP contribution in [0.2, 0.25) is 5.02 Å². The summed E-state index contributed by atoms with van der Waals surface area (Å²) in [5.41, 5.74) is 1.28. The van der Waals surface area contributed by atoms with Gasteiger partial charge in [-0.2, -0.15) is 5.10 Å². The van der Waals surface area contributed by atoms with E-state index in [0.717, 1.165) is 5.69 Å². The summed E-state index contributed by atoms with van der Waals surface area (Å²) < 4.78 is 7.38. The molecule has 0 saturated heterocycles. The van der Waals surface area contributed by atoms with E-state index in [9.17, 15) is 4.79 Å². The van der Waals surface area contributed by atoms with E-state index in [1.165, 1.54) is 0 Å². The summed E-state index contributed by atoms with van der Waals surface area (Å²) in [6.45, 7) is 3.80. The minimum Gasteiger partial charge on any atom is -0.490 e. The van der Waals surface area contributed by atoms with Crippen LogP contribution in [-0.4, -0.2) is 21.8 Å². The third-order valence-electron chi connectivity index (χ3n) is 3.40. The van der Waals surface area contributed by atoms with Crippen LogP contribution in [0, 0.1) is 0 Å². The molecule has 3 rings (SSSR count). The molecule has 1 N–H and O–H groups in total. The van der Waals surface area contributed by atoms with Crippen molar-refractivity contribution in [3.8, 4) is 11.4 Å². The number of halogens is 1. The Bertz CT molecular complexity index is 875. The lowest BCUT2D eigenvalue weighted by Crippen LogP contribution is -2.16. The van der Waals surface area contributed by atoms with E-state index < -0.39 is 0 Å². The van der Waals surface area contributed by atoms with Gasteiger partial charge in [-0.3, -0.25) is 4.79 Å². The van der Waals surface area contributed by atoms with Crippen molar-refractivity contribution in [2.75, 3.05) is 5.32 Å². The zero-order chi connectivity index (χ0) is 17.8. The van der Waals surface area contributed by atoms with Crippen LogP contribution in [0.3, 0.4) is 0 Å². The van der Waals surface area contributed by atoms with Gasteiger partial charge in [-0.15, -0.1) is 0 Å². The number of para-hydroxylation sites is 1. The van der Waals surface area contributed by atoms with Gasteiger partial charge < -0.3 is 10.1 Å². The number of ether oxygens (including phenoxy) is 1. The highest BCUT2D eigenvalue weighted by atomic mass is 35.5. The fraction of sp³-hybridized carbons (Fsp3) is 0.158. The number of nitrogens with zero attached hydrogens (tertiary/aromatic N) is 2. The lowest BCUT2D eigenvalue weighted by Gasteiger charge is -2.14. The maximum Gasteiger partial charge on any atom is 0.260 e. The first-order valence-corrected chi connectivity index (χ1v) is 8.29. The summed E-state index contributed by atoms with van der Waals surface area (Å²) in [6, 6.07) is 16.4. The summed E-state index contributed by atoms with van der Waals surface area (Å²) in [5, 5.41) is 7.62. The molecule has 0 aliphatic rings. The highest BCUT2D eigenvalue weighted by Gasteiger charge is 2.16. The number of anilines is 1. The van der Waals surface area contributed by atoms with Gasteiger partial charge in [0.2, 0.25) is 0 Å². The summed E-state index contributed by atoms with van der Waals surface area (Å²) in [7, 11) is 0. The smallest absolute Gasteiger partial charge is 0.260 e. The summed E-state index contributed by atoms with van der Waals surface area (Å²) in [6.07, 6.45) is 1.74. The molecule has 1 amide bonds. The molecule has 1 aromatic heterocycles. The number of benzene rings is 2. The third kappa shape index (κ3) is 4.19. The van der Waals surface area contributed by atoms with Gasteiger partial charge in [-0.05, 0) is 44.2 Å². The van der Waals surface area contributed by atoms with E-state index in [-0.39, 0.29) is 12.0 Å². The minimum absolute atomic E-state index is 0.0509. The maximum absolute atomic E-state index is 12.6. The Labute approximate surface area is 151 Å². The van der Waals surface area contributed by atoms with E-state index in [1.807, 2.05) is 44.2 Å². The van der Waals surface area contributed by atoms with E-state index >= 15 is 0 Å². The number of hydrogen-bond acceptors (Lipinski definition) is 3. The largest absolute Gasteiger partial charge is 0.490 e. The molecule has 0 unspecified atom stereocenters. The van der Waals surface area contributed by atoms with Gasteiger partial charge in [0, 0.05) is 17.3 Å². The predicted octanol–water partition coefficient (Wildman–Crippen LogP) is 4.57. The first-order valence-electron chi connectivity index (χ1n) is 7.91. The summed E-state index contributed by atoms with van der Waals surface area (Å²) >= 11 is 6.03. The minimum atomic E-state index is -0.323. The number of rotatable bonds is 5. The van der Waals surface area contributed by atoms with E-state index in [2.05, 4.69) is 10.4 Å². The number of aromatic nitrogens is 2. The van der Waals surface area contributed by atoms with Gasteiger partial charge in [0.25, 0.3) is 5.91 Å². The zero-order valence-electron chi connectivity index (χ0n) is 13.9. The number of amides is 1. The predicted molar refractivity (Wildman–Crippen MR) is 98.7 cm³/mol. The number of hydrogen-bond donors (Lipinski definition) is 1. The van der Waals surface area contributed by atoms with Crippen molar-refractivity contribution in [2.24, 2.45) is 0 Å². The number of carbonyl (C=O) groups excluding carboxylic acids is 1. The van der Waals surface area contributed by atoms with Crippen molar-refractivity contribution in [1.82, 2.24) is 9.78 Å². The molecule has 0 aliphatic heterocycles. The molecule has 5 nitrogen and oxygen atoms in total. The normalized spacial score (nSPS) is 10.7. The Morgan fingerprint density at radius 3 is 2.64 bits per heavy atom. The highest BCUT2D eigenvalue weighted by Crippen LogP contribution is 2.25. The molecule has 0 saturated carbocycles. The second kappa shape index (κ2) is 7.40. The Balaban J connectivity index is 1.81. The molecule has 2 aromatic carbocycles. The number of nitrogens with one attached hydrogen (secondary N) is 1. The van der Waals surface area contributed by atoms with Crippen molar-refractivity contribution in [2.45, 2.75) is 20.0 Å². The second-order valence-electron chi connectivity index (χ2n) is 5.74. The van der Waals surface area contributed by atoms with Gasteiger partial charge in [0.15, 0.2) is 5.82 Å². The van der Waals surface area contributed by atoms with Crippen molar-refractivity contribution < 1.29 is 9.53 Å². The SMILES string of the molecule is CC(C)Oc1ccc(Cl)cc1C(=O)Nc1ccn(-c2ccccc2)n1. The lowest BCUT2D eigenvalue weighted by molar-refractivity contribution is 0.102. The molecule has 0 aliphatic carbocycles. The molecular weight excluding hydrogens is 338 g/mol. The Kier molecular flexibility index (Phi) is 5.05. The quantitative estimate of drug-likeness (QED) is 0.729. The lowest BCUT2D eigenvalue weighted by atomic mass is 10.2. The molecule has 0 spiro atoms. The fourth-order valence-electron chi connectivity index (χ4n) is 2.34. The van der Waals surface area contributed by atoms with Crippen LogP contribution in [0.4, 0.5) is 5.82 Å². The van der Waals surface area contributed by atoms with Crippen LogP contribution in [0.5, 0.6) is 5.75 Å². The second-order valence-corrected chi connectivity index (χ2v) is 6.18. The molecule has 0 atom stereocenters. The number of carbonyl (C=O) groups is 1. The molecule has 3 aromatic rings. The zero-order valence-corrected chi connectivity index (χ0v) is 14.7. The van der Waals surface area contributed by atoms with Crippen molar-refractivity contribution in [3.63, 3.8) is 0 Å². The molecule has 0 bridgehead atoms. The topological polar surface area (TPSA) is 56.1 Å². The summed E-state index contributed by atoms with van der Waals surface area (Å²) in [5.74, 6) is 0.611. The first kappa shape index (κ1) is 17.0. The molecule has 0 fully saturated rings. The maximum atomic E-state index is 12.6. The van der Waals surface area contributed by atoms with E-state index in [4.69, 9.17) is 16.3 Å². The van der Waals surface area contributed by atoms with Crippen molar-refractivity contribution >= 4 is 23.3 Å². The molecular formula is C19H18ClN3O2. The molecule has 6 heteroatoms. The van der Waals surface area contributed by atoms with Crippen molar-refractivity contribution in [3.05, 3.63) is 71.4 Å². The van der Waals surface area contributed by atoms with Crippen LogP contribution in [0.25, 0.3) is 5.69 Å². The van der Waals surface area contributed by atoms with E-state index in [1.54, 1.807) is 35.1 Å². The average molecular weight is 356 g/mol. The van der Waals surface area contributed by atoms with Gasteiger partial charge in [0.05, 0.1) is 17.4 Å². The third-order valence-corrected chi connectivity index (χ3v) is 3.64. The van der Waals surface area contributed by atoms with Gasteiger partial charge in [0.1, 0.15) is 5.75 Å².